The van der Waals surface area contributed by atoms with Crippen LogP contribution in [0, 0.1) is 21.7 Å². The first-order valence-corrected chi connectivity index (χ1v) is 8.67. The zero-order chi connectivity index (χ0) is 24.3. The highest BCUT2D eigenvalue weighted by Crippen LogP contribution is 2.37. The minimum atomic E-state index is -5.00. The monoisotopic (exact) mass is 470 g/mol. The van der Waals surface area contributed by atoms with E-state index >= 15 is 0 Å². The molecule has 0 aliphatic carbocycles. The highest BCUT2D eigenvalue weighted by molar-refractivity contribution is 6.04. The summed E-state index contributed by atoms with van der Waals surface area (Å²) in [4.78, 5) is 26.1. The number of aromatic nitrogens is 1. The third kappa shape index (κ3) is 5.61. The molecule has 3 rings (SSSR count). The van der Waals surface area contributed by atoms with Gasteiger partial charge < -0.3 is 20.5 Å². The largest absolute Gasteiger partial charge is 0.573 e. The molecule has 0 aliphatic rings. The molecule has 1 amide bonds. The van der Waals surface area contributed by atoms with Gasteiger partial charge in [0.15, 0.2) is 11.6 Å². The number of carbonyl (C=O) groups excluding carboxylic acids is 1. The number of ether oxygens (including phenoxy) is 2. The number of halogens is 5. The van der Waals surface area contributed by atoms with Crippen molar-refractivity contribution in [2.75, 3.05) is 11.1 Å². The third-order valence-corrected chi connectivity index (χ3v) is 3.92. The fourth-order valence-electron chi connectivity index (χ4n) is 2.57. The molecular weight excluding hydrogens is 459 g/mol. The SMILES string of the molecule is Nc1nccc(Oc2cc(NC(=O)c3cccc(OC(F)(F)F)c3)c(F)cc2F)c1[N+](=O)[O-]. The first-order chi connectivity index (χ1) is 15.4. The summed E-state index contributed by atoms with van der Waals surface area (Å²) < 4.78 is 74.3. The van der Waals surface area contributed by atoms with E-state index in [0.29, 0.717) is 12.1 Å². The fourth-order valence-corrected chi connectivity index (χ4v) is 2.57. The van der Waals surface area contributed by atoms with Gasteiger partial charge in [0, 0.05) is 30.0 Å². The average Bonchev–Trinajstić information content (AvgIpc) is 2.70. The van der Waals surface area contributed by atoms with Crippen LogP contribution in [0.2, 0.25) is 0 Å². The Kier molecular flexibility index (Phi) is 6.28. The lowest BCUT2D eigenvalue weighted by atomic mass is 10.2. The van der Waals surface area contributed by atoms with E-state index in [0.717, 1.165) is 36.5 Å². The number of nitrogens with two attached hydrogens (primary N) is 1. The molecule has 0 bridgehead atoms. The van der Waals surface area contributed by atoms with Crippen LogP contribution in [0.1, 0.15) is 10.4 Å². The summed E-state index contributed by atoms with van der Waals surface area (Å²) >= 11 is 0. The average molecular weight is 470 g/mol. The molecule has 1 aromatic heterocycles. The number of hydrogen-bond donors (Lipinski definition) is 2. The van der Waals surface area contributed by atoms with Crippen molar-refractivity contribution in [3.05, 3.63) is 76.0 Å². The zero-order valence-electron chi connectivity index (χ0n) is 16.0. The molecule has 2 aromatic carbocycles. The molecule has 3 N–H and O–H groups in total. The van der Waals surface area contributed by atoms with Crippen molar-refractivity contribution < 1.29 is 41.1 Å². The van der Waals surface area contributed by atoms with Crippen LogP contribution in [0.5, 0.6) is 17.2 Å². The molecule has 3 aromatic rings. The molecule has 0 spiro atoms. The number of amides is 1. The topological polar surface area (TPSA) is 130 Å². The summed E-state index contributed by atoms with van der Waals surface area (Å²) in [6, 6.07) is 5.97. The van der Waals surface area contributed by atoms with Crippen LogP contribution >= 0.6 is 0 Å². The van der Waals surface area contributed by atoms with Crippen molar-refractivity contribution in [3.8, 4) is 17.2 Å². The molecule has 14 heteroatoms. The summed E-state index contributed by atoms with van der Waals surface area (Å²) in [5.74, 6) is -6.01. The number of benzene rings is 2. The van der Waals surface area contributed by atoms with Gasteiger partial charge in [0.05, 0.1) is 10.6 Å². The highest BCUT2D eigenvalue weighted by atomic mass is 19.4. The van der Waals surface area contributed by atoms with Gasteiger partial charge in [-0.15, -0.1) is 13.2 Å². The Morgan fingerprint density at radius 3 is 2.48 bits per heavy atom. The number of nitro groups is 1. The summed E-state index contributed by atoms with van der Waals surface area (Å²) in [7, 11) is 0. The van der Waals surface area contributed by atoms with Gasteiger partial charge in [-0.25, -0.2) is 13.8 Å². The summed E-state index contributed by atoms with van der Waals surface area (Å²) in [6.45, 7) is 0. The van der Waals surface area contributed by atoms with Crippen molar-refractivity contribution in [1.82, 2.24) is 4.98 Å². The van der Waals surface area contributed by atoms with Gasteiger partial charge in [-0.3, -0.25) is 14.9 Å². The molecule has 0 fully saturated rings. The lowest BCUT2D eigenvalue weighted by Gasteiger charge is -2.12. The second-order valence-electron chi connectivity index (χ2n) is 6.19. The first-order valence-electron chi connectivity index (χ1n) is 8.67. The summed E-state index contributed by atoms with van der Waals surface area (Å²) in [5.41, 5.74) is 3.70. The van der Waals surface area contributed by atoms with Gasteiger partial charge in [0.25, 0.3) is 5.91 Å². The van der Waals surface area contributed by atoms with E-state index in [1.54, 1.807) is 0 Å². The number of pyridine rings is 1. The van der Waals surface area contributed by atoms with Gasteiger partial charge in [-0.1, -0.05) is 6.07 Å². The maximum atomic E-state index is 14.2. The first kappa shape index (κ1) is 23.2. The molecule has 0 radical (unpaired) electrons. The van der Waals surface area contributed by atoms with Gasteiger partial charge in [-0.2, -0.15) is 0 Å². The molecule has 33 heavy (non-hydrogen) atoms. The Morgan fingerprint density at radius 2 is 1.82 bits per heavy atom. The number of carbonyl (C=O) groups is 1. The Morgan fingerprint density at radius 1 is 1.09 bits per heavy atom. The minimum Gasteiger partial charge on any atom is -0.447 e. The normalized spacial score (nSPS) is 11.1. The smallest absolute Gasteiger partial charge is 0.447 e. The number of rotatable bonds is 6. The van der Waals surface area contributed by atoms with Gasteiger partial charge in [0.1, 0.15) is 11.6 Å². The second-order valence-corrected chi connectivity index (χ2v) is 6.19. The number of hydrogen-bond acceptors (Lipinski definition) is 7. The van der Waals surface area contributed by atoms with Gasteiger partial charge >= 0.3 is 12.0 Å². The third-order valence-electron chi connectivity index (χ3n) is 3.92. The Hall–Kier alpha value is -4.49. The lowest BCUT2D eigenvalue weighted by molar-refractivity contribution is -0.384. The predicted molar refractivity (Wildman–Crippen MR) is 103 cm³/mol. The maximum absolute atomic E-state index is 14.2. The van der Waals surface area contributed by atoms with E-state index in [1.807, 2.05) is 0 Å². The molecule has 9 nitrogen and oxygen atoms in total. The van der Waals surface area contributed by atoms with Crippen molar-refractivity contribution in [1.29, 1.82) is 0 Å². The second kappa shape index (κ2) is 8.94. The highest BCUT2D eigenvalue weighted by Gasteiger charge is 2.31. The van der Waals surface area contributed by atoms with Crippen LogP contribution in [-0.2, 0) is 0 Å². The van der Waals surface area contributed by atoms with Crippen molar-refractivity contribution in [3.63, 3.8) is 0 Å². The number of anilines is 2. The van der Waals surface area contributed by atoms with E-state index in [1.165, 1.54) is 0 Å². The van der Waals surface area contributed by atoms with Gasteiger partial charge in [-0.05, 0) is 18.2 Å². The molecule has 172 valence electrons. The summed E-state index contributed by atoms with van der Waals surface area (Å²) in [6.07, 6.45) is -3.94. The Balaban J connectivity index is 1.89. The molecule has 0 aliphatic heterocycles. The predicted octanol–water partition coefficient (Wildman–Crippen LogP) is 4.79. The van der Waals surface area contributed by atoms with Crippen LogP contribution < -0.4 is 20.5 Å². The van der Waals surface area contributed by atoms with E-state index in [-0.39, 0.29) is 5.56 Å². The maximum Gasteiger partial charge on any atom is 0.573 e. The number of nitrogens with zero attached hydrogens (tertiary/aromatic N) is 2. The number of alkyl halides is 3. The minimum absolute atomic E-state index is 0.333. The van der Waals surface area contributed by atoms with Crippen molar-refractivity contribution >= 4 is 23.1 Å². The number of nitrogens with one attached hydrogen (secondary N) is 1. The Labute approximate surface area is 180 Å². The molecular formula is C19H11F5N4O5. The number of nitrogen functional groups attached to an aromatic ring is 1. The van der Waals surface area contributed by atoms with E-state index in [4.69, 9.17) is 10.5 Å². The quantitative estimate of drug-likeness (QED) is 0.301. The molecule has 0 atom stereocenters. The van der Waals surface area contributed by atoms with E-state index < -0.39 is 63.3 Å². The molecule has 0 unspecified atom stereocenters. The van der Waals surface area contributed by atoms with Crippen LogP contribution in [0.3, 0.4) is 0 Å². The van der Waals surface area contributed by atoms with Crippen LogP contribution in [-0.4, -0.2) is 22.2 Å². The van der Waals surface area contributed by atoms with Crippen LogP contribution in [0.25, 0.3) is 0 Å². The van der Waals surface area contributed by atoms with Crippen LogP contribution in [0.4, 0.5) is 39.1 Å². The van der Waals surface area contributed by atoms with E-state index in [9.17, 15) is 36.9 Å². The van der Waals surface area contributed by atoms with Crippen molar-refractivity contribution in [2.24, 2.45) is 0 Å². The zero-order valence-corrected chi connectivity index (χ0v) is 16.0. The standard InChI is InChI=1S/C19H11F5N4O5/c20-11-7-12(21)15(32-14-4-5-26-17(25)16(14)28(30)31)8-13(11)27-18(29)9-2-1-3-10(6-9)33-19(22,23)24/h1-8H,(H2,25,26)(H,27,29). The lowest BCUT2D eigenvalue weighted by Crippen LogP contribution is -2.18. The summed E-state index contributed by atoms with van der Waals surface area (Å²) in [5, 5.41) is 13.2. The Bertz CT molecular complexity index is 1240. The molecule has 1 heterocycles. The van der Waals surface area contributed by atoms with Crippen molar-refractivity contribution in [2.45, 2.75) is 6.36 Å². The van der Waals surface area contributed by atoms with Crippen LogP contribution in [0.15, 0.2) is 48.7 Å². The van der Waals surface area contributed by atoms with E-state index in [2.05, 4.69) is 15.0 Å². The molecule has 0 saturated heterocycles. The fraction of sp³-hybridized carbons (Fsp3) is 0.0526. The molecule has 0 saturated carbocycles. The van der Waals surface area contributed by atoms with Gasteiger partial charge in [0.2, 0.25) is 11.6 Å².